The normalized spacial score (nSPS) is 13.3. The van der Waals surface area contributed by atoms with E-state index in [2.05, 4.69) is 15.4 Å². The first-order chi connectivity index (χ1) is 8.54. The fourth-order valence-electron chi connectivity index (χ4n) is 1.56. The van der Waals surface area contributed by atoms with E-state index >= 15 is 0 Å². The van der Waals surface area contributed by atoms with Crippen LogP contribution in [0.2, 0.25) is 0 Å². The number of hydrogen-bond donors (Lipinski definition) is 0. The van der Waals surface area contributed by atoms with Crippen molar-refractivity contribution in [2.24, 2.45) is 0 Å². The summed E-state index contributed by atoms with van der Waals surface area (Å²) in [7, 11) is -3.80. The molecule has 0 aliphatic heterocycles. The second-order valence-electron chi connectivity index (χ2n) is 3.73. The third-order valence-electron chi connectivity index (χ3n) is 2.43. The molecule has 0 amide bonds. The van der Waals surface area contributed by atoms with Crippen LogP contribution in [0, 0.1) is 0 Å². The Balaban J connectivity index is 0.00000180. The topological polar surface area (TPSA) is 49.4 Å². The Morgan fingerprint density at radius 2 is 1.53 bits per heavy atom. The predicted molar refractivity (Wildman–Crippen MR) is 73.0 cm³/mol. The van der Waals surface area contributed by atoms with Gasteiger partial charge in [0.2, 0.25) is 0 Å². The van der Waals surface area contributed by atoms with Gasteiger partial charge < -0.3 is 4.55 Å². The Labute approximate surface area is 140 Å². The van der Waals surface area contributed by atoms with Crippen LogP contribution in [-0.2, 0) is 31.0 Å². The Kier molecular flexibility index (Phi) is 6.62. The predicted octanol–water partition coefficient (Wildman–Crippen LogP) is -0.334. The van der Waals surface area contributed by atoms with Crippen molar-refractivity contribution in [3.8, 4) is 11.1 Å². The molecule has 0 N–H and O–H groups in total. The van der Waals surface area contributed by atoms with Gasteiger partial charge in [-0.25, -0.2) is 4.21 Å². The molecule has 0 aliphatic rings. The maximum absolute atomic E-state index is 10.7. The molecular formula is C13H11NaO3S2. The van der Waals surface area contributed by atoms with Crippen LogP contribution in [0.4, 0.5) is 0 Å². The summed E-state index contributed by atoms with van der Waals surface area (Å²) < 4.78 is 25.9. The molecule has 2 aromatic rings. The van der Waals surface area contributed by atoms with Crippen molar-refractivity contribution in [2.45, 2.75) is 6.61 Å². The second-order valence-corrected chi connectivity index (χ2v) is 6.01. The molecule has 0 aliphatic carbocycles. The van der Waals surface area contributed by atoms with E-state index in [9.17, 15) is 8.76 Å². The van der Waals surface area contributed by atoms with E-state index in [1.165, 1.54) is 0 Å². The first-order valence-corrected chi connectivity index (χ1v) is 7.62. The third kappa shape index (κ3) is 5.71. The molecule has 19 heavy (non-hydrogen) atoms. The molecule has 2 aromatic carbocycles. The van der Waals surface area contributed by atoms with Crippen molar-refractivity contribution in [3.63, 3.8) is 0 Å². The van der Waals surface area contributed by atoms with Crippen molar-refractivity contribution in [1.29, 1.82) is 0 Å². The molecule has 1 unspecified atom stereocenters. The largest absolute Gasteiger partial charge is 1.00 e. The first kappa shape index (κ1) is 16.8. The van der Waals surface area contributed by atoms with Crippen molar-refractivity contribution in [2.75, 3.05) is 0 Å². The zero-order valence-corrected chi connectivity index (χ0v) is 14.1. The molecule has 0 saturated heterocycles. The minimum absolute atomic E-state index is 0. The summed E-state index contributed by atoms with van der Waals surface area (Å²) in [6.45, 7) is -0.0269. The van der Waals surface area contributed by atoms with Gasteiger partial charge in [-0.2, -0.15) is 0 Å². The van der Waals surface area contributed by atoms with Gasteiger partial charge in [0, 0.05) is 0 Å². The van der Waals surface area contributed by atoms with E-state index in [1.807, 2.05) is 54.6 Å². The minimum Gasteiger partial charge on any atom is -0.748 e. The number of rotatable bonds is 4. The summed E-state index contributed by atoms with van der Waals surface area (Å²) in [5.41, 5.74) is 2.95. The summed E-state index contributed by atoms with van der Waals surface area (Å²) in [6.07, 6.45) is 0. The van der Waals surface area contributed by atoms with Gasteiger partial charge in [-0.1, -0.05) is 54.6 Å². The Morgan fingerprint density at radius 1 is 1.00 bits per heavy atom. The van der Waals surface area contributed by atoms with Crippen LogP contribution in [-0.4, -0.2) is 8.76 Å². The molecule has 0 bridgehead atoms. The molecule has 6 heteroatoms. The van der Waals surface area contributed by atoms with Gasteiger partial charge in [0.1, 0.15) is 0 Å². The smallest absolute Gasteiger partial charge is 0.748 e. The molecule has 0 saturated carbocycles. The molecule has 0 radical (unpaired) electrons. The summed E-state index contributed by atoms with van der Waals surface area (Å²) >= 11 is 4.14. The van der Waals surface area contributed by atoms with Crippen LogP contribution in [0.25, 0.3) is 11.1 Å². The van der Waals surface area contributed by atoms with E-state index in [1.54, 1.807) is 0 Å². The summed E-state index contributed by atoms with van der Waals surface area (Å²) in [5, 5.41) is 0. The molecular weight excluding hydrogens is 291 g/mol. The maximum atomic E-state index is 10.7. The van der Waals surface area contributed by atoms with Crippen LogP contribution in [0.5, 0.6) is 0 Å². The molecule has 2 rings (SSSR count). The number of hydrogen-bond acceptors (Lipinski definition) is 4. The van der Waals surface area contributed by atoms with Crippen molar-refractivity contribution < 1.29 is 42.5 Å². The standard InChI is InChI=1S/C13H12O3S2.Na/c14-18(15,17)16-10-11-6-8-13(9-7-11)12-4-2-1-3-5-12;/h1-9H,10H2,(H,14,15,17);/q;+1/p-1. The minimum atomic E-state index is -3.80. The second kappa shape index (κ2) is 7.50. The third-order valence-corrected chi connectivity index (χ3v) is 3.13. The van der Waals surface area contributed by atoms with E-state index < -0.39 is 9.05 Å². The average molecular weight is 302 g/mol. The molecule has 0 fully saturated rings. The molecule has 0 heterocycles. The van der Waals surface area contributed by atoms with Gasteiger partial charge in [0.25, 0.3) is 0 Å². The quantitative estimate of drug-likeness (QED) is 0.726. The van der Waals surface area contributed by atoms with Gasteiger partial charge >= 0.3 is 29.6 Å². The molecule has 0 spiro atoms. The Bertz CT molecular complexity index is 610. The fourth-order valence-corrected chi connectivity index (χ4v) is 1.99. The SMILES string of the molecule is O=S([O-])(=S)OCc1ccc(-c2ccccc2)cc1.[Na+]. The molecule has 94 valence electrons. The summed E-state index contributed by atoms with van der Waals surface area (Å²) in [4.78, 5) is 0. The van der Waals surface area contributed by atoms with Gasteiger partial charge in [-0.3, -0.25) is 4.18 Å². The van der Waals surface area contributed by atoms with Crippen LogP contribution < -0.4 is 29.6 Å². The first-order valence-electron chi connectivity index (χ1n) is 5.29. The van der Waals surface area contributed by atoms with Gasteiger partial charge in [-0.05, 0) is 27.9 Å². The molecule has 1 atom stereocenters. The van der Waals surface area contributed by atoms with Crippen LogP contribution in [0.3, 0.4) is 0 Å². The maximum Gasteiger partial charge on any atom is 1.00 e. The van der Waals surface area contributed by atoms with E-state index in [-0.39, 0.29) is 36.2 Å². The Hall–Kier alpha value is -0.270. The summed E-state index contributed by atoms with van der Waals surface area (Å²) in [6, 6.07) is 17.4. The van der Waals surface area contributed by atoms with Crippen LogP contribution >= 0.6 is 0 Å². The van der Waals surface area contributed by atoms with E-state index in [4.69, 9.17) is 0 Å². The van der Waals surface area contributed by atoms with E-state index in [0.717, 1.165) is 16.7 Å². The Morgan fingerprint density at radius 3 is 2.05 bits per heavy atom. The zero-order chi connectivity index (χ0) is 13.0. The van der Waals surface area contributed by atoms with Gasteiger partial charge in [-0.15, -0.1) is 0 Å². The molecule has 0 aromatic heterocycles. The van der Waals surface area contributed by atoms with Gasteiger partial charge in [0.05, 0.1) is 15.7 Å². The molecule has 3 nitrogen and oxygen atoms in total. The van der Waals surface area contributed by atoms with Crippen LogP contribution in [0.15, 0.2) is 54.6 Å². The van der Waals surface area contributed by atoms with Crippen molar-refractivity contribution >= 4 is 20.2 Å². The van der Waals surface area contributed by atoms with Gasteiger partial charge in [0.15, 0.2) is 0 Å². The number of benzene rings is 2. The fraction of sp³-hybridized carbons (Fsp3) is 0.0769. The van der Waals surface area contributed by atoms with Crippen molar-refractivity contribution in [1.82, 2.24) is 0 Å². The average Bonchev–Trinajstić information content (AvgIpc) is 2.37. The van der Waals surface area contributed by atoms with Crippen molar-refractivity contribution in [3.05, 3.63) is 60.2 Å². The van der Waals surface area contributed by atoms with E-state index in [0.29, 0.717) is 0 Å². The monoisotopic (exact) mass is 302 g/mol. The van der Waals surface area contributed by atoms with Crippen LogP contribution in [0.1, 0.15) is 5.56 Å². The summed E-state index contributed by atoms with van der Waals surface area (Å²) in [5.74, 6) is 0. The zero-order valence-electron chi connectivity index (χ0n) is 10.4.